The molecule has 2 aromatic rings. The van der Waals surface area contributed by atoms with Gasteiger partial charge in [-0.05, 0) is 42.5 Å². The average molecular weight is 288 g/mol. The first-order valence-electron chi connectivity index (χ1n) is 6.66. The maximum atomic E-state index is 13.5. The van der Waals surface area contributed by atoms with Crippen LogP contribution in [0.4, 0.5) is 15.8 Å². The zero-order chi connectivity index (χ0) is 14.1. The van der Waals surface area contributed by atoms with Crippen LogP contribution >= 0.6 is 11.8 Å². The number of rotatable bonds is 3. The van der Waals surface area contributed by atoms with Gasteiger partial charge in [-0.1, -0.05) is 12.1 Å². The maximum Gasteiger partial charge on any atom is 0.125 e. The van der Waals surface area contributed by atoms with Crippen LogP contribution in [0.25, 0.3) is 0 Å². The normalized spacial score (nSPS) is 13.7. The summed E-state index contributed by atoms with van der Waals surface area (Å²) in [5, 5.41) is 0. The predicted molar refractivity (Wildman–Crippen MR) is 83.2 cm³/mol. The van der Waals surface area contributed by atoms with Crippen molar-refractivity contribution in [1.29, 1.82) is 0 Å². The van der Waals surface area contributed by atoms with E-state index < -0.39 is 0 Å². The molecule has 0 bridgehead atoms. The summed E-state index contributed by atoms with van der Waals surface area (Å²) in [6.07, 6.45) is 3.00. The summed E-state index contributed by atoms with van der Waals surface area (Å²) >= 11 is 1.70. The second-order valence-corrected chi connectivity index (χ2v) is 5.68. The lowest BCUT2D eigenvalue weighted by atomic mass is 10.1. The first kappa shape index (κ1) is 13.5. The van der Waals surface area contributed by atoms with E-state index in [0.717, 1.165) is 29.9 Å². The van der Waals surface area contributed by atoms with Crippen molar-refractivity contribution in [2.24, 2.45) is 5.73 Å². The van der Waals surface area contributed by atoms with E-state index in [1.165, 1.54) is 16.5 Å². The first-order chi connectivity index (χ1) is 9.74. The van der Waals surface area contributed by atoms with Crippen LogP contribution in [-0.2, 0) is 13.0 Å². The zero-order valence-corrected chi connectivity index (χ0v) is 12.2. The van der Waals surface area contributed by atoms with Crippen LogP contribution < -0.4 is 10.6 Å². The van der Waals surface area contributed by atoms with Gasteiger partial charge in [-0.2, -0.15) is 0 Å². The molecule has 0 atom stereocenters. The molecule has 0 spiro atoms. The fourth-order valence-corrected chi connectivity index (χ4v) is 3.45. The molecule has 0 aromatic heterocycles. The topological polar surface area (TPSA) is 29.3 Å². The predicted octanol–water partition coefficient (Wildman–Crippen LogP) is 3.70. The van der Waals surface area contributed by atoms with Gasteiger partial charge in [0.2, 0.25) is 0 Å². The monoisotopic (exact) mass is 288 g/mol. The lowest BCUT2D eigenvalue weighted by Gasteiger charge is -2.24. The molecule has 1 aliphatic heterocycles. The van der Waals surface area contributed by atoms with E-state index in [0.29, 0.717) is 6.54 Å². The number of hydrogen-bond donors (Lipinski definition) is 1. The minimum atomic E-state index is -0.189. The molecular weight excluding hydrogens is 271 g/mol. The molecule has 2 nitrogen and oxygen atoms in total. The highest BCUT2D eigenvalue weighted by molar-refractivity contribution is 7.98. The van der Waals surface area contributed by atoms with E-state index in [1.54, 1.807) is 17.8 Å². The Morgan fingerprint density at radius 2 is 2.10 bits per heavy atom. The number of halogens is 1. The molecule has 104 valence electrons. The Bertz CT molecular complexity index is 642. The van der Waals surface area contributed by atoms with E-state index in [-0.39, 0.29) is 5.82 Å². The number of benzene rings is 2. The van der Waals surface area contributed by atoms with Crippen LogP contribution in [0.3, 0.4) is 0 Å². The Morgan fingerprint density at radius 3 is 2.85 bits per heavy atom. The smallest absolute Gasteiger partial charge is 0.125 e. The van der Waals surface area contributed by atoms with Crippen LogP contribution in [0.5, 0.6) is 0 Å². The summed E-state index contributed by atoms with van der Waals surface area (Å²) in [5.41, 5.74) is 10.3. The highest BCUT2D eigenvalue weighted by Gasteiger charge is 2.23. The van der Waals surface area contributed by atoms with Gasteiger partial charge in [0.05, 0.1) is 0 Å². The Labute approximate surface area is 122 Å². The molecule has 2 N–H and O–H groups in total. The van der Waals surface area contributed by atoms with Gasteiger partial charge in [0, 0.05) is 34.9 Å². The van der Waals surface area contributed by atoms with E-state index in [2.05, 4.69) is 23.3 Å². The summed E-state index contributed by atoms with van der Waals surface area (Å²) in [6, 6.07) is 11.2. The summed E-state index contributed by atoms with van der Waals surface area (Å²) in [5.74, 6) is -0.189. The van der Waals surface area contributed by atoms with E-state index in [9.17, 15) is 4.39 Å². The van der Waals surface area contributed by atoms with Crippen molar-refractivity contribution in [3.8, 4) is 0 Å². The third kappa shape index (κ3) is 2.19. The number of anilines is 2. The molecule has 2 aromatic carbocycles. The summed E-state index contributed by atoms with van der Waals surface area (Å²) in [7, 11) is 0. The Morgan fingerprint density at radius 1 is 1.25 bits per heavy atom. The molecule has 0 aliphatic carbocycles. The van der Waals surface area contributed by atoms with Crippen molar-refractivity contribution in [2.75, 3.05) is 17.7 Å². The lowest BCUT2D eigenvalue weighted by molar-refractivity contribution is 0.628. The molecule has 0 radical (unpaired) electrons. The van der Waals surface area contributed by atoms with Crippen molar-refractivity contribution in [3.63, 3.8) is 0 Å². The van der Waals surface area contributed by atoms with Crippen LogP contribution in [0.15, 0.2) is 41.3 Å². The SMILES string of the molecule is CSc1cccc(N2CCc3ccc(F)cc32)c1CN. The molecule has 3 rings (SSSR count). The zero-order valence-electron chi connectivity index (χ0n) is 11.4. The quantitative estimate of drug-likeness (QED) is 0.873. The van der Waals surface area contributed by atoms with Crippen LogP contribution in [0, 0.1) is 5.82 Å². The summed E-state index contributed by atoms with van der Waals surface area (Å²) < 4.78 is 13.5. The van der Waals surface area contributed by atoms with Crippen LogP contribution in [0.1, 0.15) is 11.1 Å². The minimum absolute atomic E-state index is 0.189. The molecule has 0 amide bonds. The molecule has 1 aliphatic rings. The third-order valence-corrected chi connectivity index (χ3v) is 4.59. The highest BCUT2D eigenvalue weighted by Crippen LogP contribution is 2.39. The van der Waals surface area contributed by atoms with Crippen molar-refractivity contribution in [1.82, 2.24) is 0 Å². The molecule has 0 unspecified atom stereocenters. The largest absolute Gasteiger partial charge is 0.341 e. The van der Waals surface area contributed by atoms with Crippen LogP contribution in [-0.4, -0.2) is 12.8 Å². The summed E-state index contributed by atoms with van der Waals surface area (Å²) in [6.45, 7) is 1.37. The van der Waals surface area contributed by atoms with E-state index >= 15 is 0 Å². The van der Waals surface area contributed by atoms with E-state index in [4.69, 9.17) is 5.73 Å². The number of nitrogens with zero attached hydrogens (tertiary/aromatic N) is 1. The standard InChI is InChI=1S/C16H17FN2S/c1-20-16-4-2-3-14(13(16)10-18)19-8-7-11-5-6-12(17)9-15(11)19/h2-6,9H,7-8,10,18H2,1H3. The van der Waals surface area contributed by atoms with Gasteiger partial charge in [0.25, 0.3) is 0 Å². The second-order valence-electron chi connectivity index (χ2n) is 4.84. The average Bonchev–Trinajstić information content (AvgIpc) is 2.89. The second kappa shape index (κ2) is 5.46. The fourth-order valence-electron chi connectivity index (χ4n) is 2.81. The van der Waals surface area contributed by atoms with Crippen molar-refractivity contribution in [2.45, 2.75) is 17.9 Å². The fraction of sp³-hybridized carbons (Fsp3) is 0.250. The molecule has 4 heteroatoms. The van der Waals surface area contributed by atoms with Crippen LogP contribution in [0.2, 0.25) is 0 Å². The van der Waals surface area contributed by atoms with Gasteiger partial charge >= 0.3 is 0 Å². The summed E-state index contributed by atoms with van der Waals surface area (Å²) in [4.78, 5) is 3.37. The molecule has 20 heavy (non-hydrogen) atoms. The van der Waals surface area contributed by atoms with Gasteiger partial charge < -0.3 is 10.6 Å². The highest BCUT2D eigenvalue weighted by atomic mass is 32.2. The van der Waals surface area contributed by atoms with Gasteiger partial charge in [-0.15, -0.1) is 11.8 Å². The van der Waals surface area contributed by atoms with Gasteiger partial charge in [-0.3, -0.25) is 0 Å². The van der Waals surface area contributed by atoms with Gasteiger partial charge in [0.1, 0.15) is 5.82 Å². The maximum absolute atomic E-state index is 13.5. The molecule has 1 heterocycles. The first-order valence-corrected chi connectivity index (χ1v) is 7.89. The Balaban J connectivity index is 2.10. The Hall–Kier alpha value is -1.52. The lowest BCUT2D eigenvalue weighted by Crippen LogP contribution is -2.17. The third-order valence-electron chi connectivity index (χ3n) is 3.77. The molecular formula is C16H17FN2S. The molecule has 0 fully saturated rings. The van der Waals surface area contributed by atoms with Crippen molar-refractivity contribution >= 4 is 23.1 Å². The van der Waals surface area contributed by atoms with E-state index in [1.807, 2.05) is 12.1 Å². The minimum Gasteiger partial charge on any atom is -0.341 e. The van der Waals surface area contributed by atoms with Gasteiger partial charge in [-0.25, -0.2) is 4.39 Å². The molecule has 0 saturated carbocycles. The van der Waals surface area contributed by atoms with Crippen molar-refractivity contribution < 1.29 is 4.39 Å². The van der Waals surface area contributed by atoms with Gasteiger partial charge in [0.15, 0.2) is 0 Å². The number of fused-ring (bicyclic) bond motifs is 1. The number of nitrogens with two attached hydrogens (primary N) is 1. The number of hydrogen-bond acceptors (Lipinski definition) is 3. The Kier molecular flexibility index (Phi) is 3.68. The van der Waals surface area contributed by atoms with Crippen molar-refractivity contribution in [3.05, 3.63) is 53.3 Å². The molecule has 0 saturated heterocycles. The number of thioether (sulfide) groups is 1.